The zero-order chi connectivity index (χ0) is 61.8. The third-order valence-corrected chi connectivity index (χ3v) is 18.3. The fourth-order valence-corrected chi connectivity index (χ4v) is 13.7. The summed E-state index contributed by atoms with van der Waals surface area (Å²) in [6, 6.07) is 105. The molecule has 0 spiro atoms. The van der Waals surface area contributed by atoms with E-state index in [1.165, 1.54) is 0 Å². The largest absolute Gasteiger partial charge is 0.456 e. The van der Waals surface area contributed by atoms with Crippen molar-refractivity contribution in [1.29, 1.82) is 0 Å². The van der Waals surface area contributed by atoms with E-state index in [1.54, 1.807) is 0 Å². The quantitative estimate of drug-likeness (QED) is 0.133. The number of hydrogen-bond acceptors (Lipinski definition) is 8. The van der Waals surface area contributed by atoms with Crippen LogP contribution in [0.25, 0.3) is 189 Å². The number of rotatable bonds is 10. The fraction of sp³-hybridized carbons (Fsp3) is 0. The van der Waals surface area contributed by atoms with Gasteiger partial charge in [-0.2, -0.15) is 19.9 Å². The van der Waals surface area contributed by atoms with Crippen LogP contribution in [0.3, 0.4) is 0 Å². The first kappa shape index (κ1) is 53.0. The van der Waals surface area contributed by atoms with Gasteiger partial charge in [-0.3, -0.25) is 9.13 Å². The lowest BCUT2D eigenvalue weighted by atomic mass is 9.97. The van der Waals surface area contributed by atoms with Crippen molar-refractivity contribution in [3.05, 3.63) is 303 Å². The second kappa shape index (κ2) is 21.4. The molecule has 13 aromatic carbocycles. The lowest BCUT2D eigenvalue weighted by Gasteiger charge is -2.12. The summed E-state index contributed by atoms with van der Waals surface area (Å²) in [6.07, 6.45) is 0. The van der Waals surface area contributed by atoms with Crippen LogP contribution in [-0.2, 0) is 0 Å². The molecule has 0 saturated heterocycles. The third kappa shape index (κ3) is 8.87. The molecule has 0 aliphatic rings. The second-order valence-electron chi connectivity index (χ2n) is 23.8. The molecule has 0 amide bonds. The highest BCUT2D eigenvalue weighted by Crippen LogP contribution is 2.42. The van der Waals surface area contributed by atoms with E-state index in [4.69, 9.17) is 38.7 Å². The van der Waals surface area contributed by atoms with Crippen molar-refractivity contribution < 1.29 is 8.83 Å². The molecular formula is C84H50N8O2. The van der Waals surface area contributed by atoms with E-state index in [0.29, 0.717) is 35.2 Å². The van der Waals surface area contributed by atoms with Gasteiger partial charge in [0.15, 0.2) is 23.3 Å². The number of fused-ring (bicyclic) bond motifs is 12. The van der Waals surface area contributed by atoms with Crippen LogP contribution in [-0.4, -0.2) is 39.0 Å². The number of furan rings is 2. The van der Waals surface area contributed by atoms with E-state index < -0.39 is 0 Å². The number of aromatic nitrogens is 8. The zero-order valence-corrected chi connectivity index (χ0v) is 50.3. The average Bonchev–Trinajstić information content (AvgIpc) is 1.57. The first-order valence-corrected chi connectivity index (χ1v) is 31.4. The number of benzene rings is 13. The highest BCUT2D eigenvalue weighted by atomic mass is 16.3. The minimum absolute atomic E-state index is 0.511. The molecule has 94 heavy (non-hydrogen) atoms. The molecule has 19 rings (SSSR count). The molecule has 10 heteroatoms. The molecule has 0 N–H and O–H groups in total. The Morgan fingerprint density at radius 2 is 0.511 bits per heavy atom. The molecule has 10 nitrogen and oxygen atoms in total. The highest BCUT2D eigenvalue weighted by molar-refractivity contribution is 6.19. The van der Waals surface area contributed by atoms with Gasteiger partial charge < -0.3 is 8.83 Å². The maximum atomic E-state index is 6.78. The number of para-hydroxylation sites is 3. The number of nitrogens with zero attached hydrogens (tertiary/aromatic N) is 8. The molecule has 438 valence electrons. The SMILES string of the molecule is c1ccc(-c2ccc(-c3nc(-c4ccc(-c5cccc(-c6ccc7oc8cc9c(cc8c7c6)c6ccccc6n9-c6nc(-c7ccccc7)nc(-c7cccc(-c8ccccc8)c7)n6)c5)cc4)nc(-n4c5ccccc5c5cc6c(cc54)oc4ccccc46)n3)cc2)cc1. The first-order valence-electron chi connectivity index (χ1n) is 31.4. The van der Waals surface area contributed by atoms with Crippen LogP contribution in [0.5, 0.6) is 0 Å². The number of hydrogen-bond donors (Lipinski definition) is 0. The molecule has 0 aliphatic carbocycles. The lowest BCUT2D eigenvalue weighted by Crippen LogP contribution is -2.06. The zero-order valence-electron chi connectivity index (χ0n) is 50.3. The van der Waals surface area contributed by atoms with Gasteiger partial charge in [0.05, 0.1) is 22.1 Å². The summed E-state index contributed by atoms with van der Waals surface area (Å²) in [5.74, 6) is 3.32. The monoisotopic (exact) mass is 1200 g/mol. The van der Waals surface area contributed by atoms with E-state index in [9.17, 15) is 0 Å². The molecule has 6 aromatic heterocycles. The van der Waals surface area contributed by atoms with E-state index in [-0.39, 0.29) is 0 Å². The van der Waals surface area contributed by atoms with Crippen molar-refractivity contribution in [3.8, 4) is 102 Å². The molecule has 0 atom stereocenters. The molecule has 0 radical (unpaired) electrons. The maximum Gasteiger partial charge on any atom is 0.238 e. The van der Waals surface area contributed by atoms with Crippen molar-refractivity contribution >= 4 is 87.5 Å². The Morgan fingerprint density at radius 1 is 0.181 bits per heavy atom. The Hall–Kier alpha value is -12.9. The predicted octanol–water partition coefficient (Wildman–Crippen LogP) is 21.4. The molecule has 0 unspecified atom stereocenters. The predicted molar refractivity (Wildman–Crippen MR) is 380 cm³/mol. The topological polar surface area (TPSA) is 113 Å². The van der Waals surface area contributed by atoms with Crippen LogP contribution in [0.15, 0.2) is 312 Å². The van der Waals surface area contributed by atoms with Crippen LogP contribution in [0.2, 0.25) is 0 Å². The maximum absolute atomic E-state index is 6.78. The molecular weight excluding hydrogens is 1150 g/mol. The summed E-state index contributed by atoms with van der Waals surface area (Å²) in [7, 11) is 0. The van der Waals surface area contributed by atoms with E-state index in [2.05, 4.69) is 258 Å². The Kier molecular flexibility index (Phi) is 12.0. The van der Waals surface area contributed by atoms with Crippen molar-refractivity contribution in [2.75, 3.05) is 0 Å². The van der Waals surface area contributed by atoms with Gasteiger partial charge in [-0.05, 0) is 99.1 Å². The van der Waals surface area contributed by atoms with Crippen LogP contribution in [0, 0.1) is 0 Å². The summed E-state index contributed by atoms with van der Waals surface area (Å²) in [5, 5.41) is 8.52. The second-order valence-corrected chi connectivity index (χ2v) is 23.8. The minimum atomic E-state index is 0.511. The highest BCUT2D eigenvalue weighted by Gasteiger charge is 2.23. The Bertz CT molecular complexity index is 6210. The van der Waals surface area contributed by atoms with E-state index in [0.717, 1.165) is 154 Å². The van der Waals surface area contributed by atoms with Gasteiger partial charge in [-0.15, -0.1) is 0 Å². The summed E-state index contributed by atoms with van der Waals surface area (Å²) in [6.45, 7) is 0. The average molecular weight is 1200 g/mol. The van der Waals surface area contributed by atoms with Gasteiger partial charge in [0, 0.05) is 77.5 Å². The summed E-state index contributed by atoms with van der Waals surface area (Å²) < 4.78 is 17.6. The third-order valence-electron chi connectivity index (χ3n) is 18.3. The van der Waals surface area contributed by atoms with Gasteiger partial charge in [0.2, 0.25) is 11.9 Å². The summed E-state index contributed by atoms with van der Waals surface area (Å²) in [4.78, 5) is 31.5. The Morgan fingerprint density at radius 3 is 1.05 bits per heavy atom. The van der Waals surface area contributed by atoms with Gasteiger partial charge in [-0.25, -0.2) is 9.97 Å². The van der Waals surface area contributed by atoms with Gasteiger partial charge in [-0.1, -0.05) is 237 Å². The van der Waals surface area contributed by atoms with Crippen LogP contribution >= 0.6 is 0 Å². The molecule has 0 bridgehead atoms. The molecule has 0 fully saturated rings. The lowest BCUT2D eigenvalue weighted by molar-refractivity contribution is 0.669. The Labute approximate surface area is 537 Å². The first-order chi connectivity index (χ1) is 46.5. The van der Waals surface area contributed by atoms with E-state index in [1.807, 2.05) is 54.6 Å². The molecule has 6 heterocycles. The van der Waals surface area contributed by atoms with Gasteiger partial charge in [0.25, 0.3) is 0 Å². The van der Waals surface area contributed by atoms with E-state index >= 15 is 0 Å². The smallest absolute Gasteiger partial charge is 0.238 e. The summed E-state index contributed by atoms with van der Waals surface area (Å²) >= 11 is 0. The summed E-state index contributed by atoms with van der Waals surface area (Å²) in [5.41, 5.74) is 19.3. The van der Waals surface area contributed by atoms with Crippen molar-refractivity contribution in [3.63, 3.8) is 0 Å². The Balaban J connectivity index is 0.687. The van der Waals surface area contributed by atoms with Gasteiger partial charge >= 0.3 is 0 Å². The van der Waals surface area contributed by atoms with Crippen LogP contribution in [0.4, 0.5) is 0 Å². The molecule has 0 aliphatic heterocycles. The van der Waals surface area contributed by atoms with Crippen molar-refractivity contribution in [2.45, 2.75) is 0 Å². The minimum Gasteiger partial charge on any atom is -0.456 e. The van der Waals surface area contributed by atoms with Crippen molar-refractivity contribution in [1.82, 2.24) is 39.0 Å². The molecule has 0 saturated carbocycles. The molecule has 19 aromatic rings. The van der Waals surface area contributed by atoms with Crippen LogP contribution in [0.1, 0.15) is 0 Å². The fourth-order valence-electron chi connectivity index (χ4n) is 13.7. The standard InChI is InChI=1S/C84H50N8O2/c1-4-18-51(19-5-1)53-34-38-56(39-35-53)80-85-81(89-83(88-80)91-71-31-13-10-28-63(71)66-47-69-65-30-12-15-33-75(65)93-77(69)49-73(66)91)57-40-36-54(37-41-57)58-24-16-26-60(44-58)61-42-43-76-68(46-61)70-48-67-64-29-11-14-32-72(64)92(74(67)50-78(70)94-76)84-87-79(55-22-8-3-9-23-55)86-82(90-84)62-27-17-25-59(45-62)52-20-6-2-7-21-52/h1-50H. The van der Waals surface area contributed by atoms with Crippen LogP contribution < -0.4 is 0 Å². The van der Waals surface area contributed by atoms with Gasteiger partial charge in [0.1, 0.15) is 22.3 Å². The normalized spacial score (nSPS) is 11.8. The van der Waals surface area contributed by atoms with Crippen molar-refractivity contribution in [2.24, 2.45) is 0 Å².